The second-order valence-electron chi connectivity index (χ2n) is 4.61. The molecule has 0 fully saturated rings. The molecular formula is C15H16N4OS. The summed E-state index contributed by atoms with van der Waals surface area (Å²) in [5.74, 6) is 2.04. The third kappa shape index (κ3) is 3.52. The molecule has 5 nitrogen and oxygen atoms in total. The number of imidazole rings is 1. The monoisotopic (exact) mass is 300 g/mol. The lowest BCUT2D eigenvalue weighted by Crippen LogP contribution is -1.87. The van der Waals surface area contributed by atoms with Crippen molar-refractivity contribution in [1.82, 2.24) is 20.1 Å². The number of benzene rings is 1. The zero-order chi connectivity index (χ0) is 14.5. The highest BCUT2D eigenvalue weighted by molar-refractivity contribution is 7.98. The number of aryl methyl sites for hydroxylation is 1. The van der Waals surface area contributed by atoms with E-state index >= 15 is 0 Å². The van der Waals surface area contributed by atoms with Gasteiger partial charge in [-0.25, -0.2) is 4.98 Å². The molecule has 1 aromatic carbocycles. The van der Waals surface area contributed by atoms with E-state index in [1.165, 1.54) is 0 Å². The van der Waals surface area contributed by atoms with Gasteiger partial charge in [0.25, 0.3) is 0 Å². The molecule has 0 radical (unpaired) electrons. The molecule has 0 atom stereocenters. The largest absolute Gasteiger partial charge is 0.338 e. The molecule has 0 aliphatic carbocycles. The van der Waals surface area contributed by atoms with E-state index in [2.05, 4.69) is 39.2 Å². The Labute approximate surface area is 127 Å². The van der Waals surface area contributed by atoms with Crippen molar-refractivity contribution < 1.29 is 4.52 Å². The van der Waals surface area contributed by atoms with Gasteiger partial charge in [-0.1, -0.05) is 54.2 Å². The maximum atomic E-state index is 5.21. The van der Waals surface area contributed by atoms with E-state index in [-0.39, 0.29) is 0 Å². The van der Waals surface area contributed by atoms with E-state index in [0.29, 0.717) is 11.6 Å². The third-order valence-electron chi connectivity index (χ3n) is 2.95. The number of nitrogens with zero attached hydrogens (tertiary/aromatic N) is 3. The van der Waals surface area contributed by atoms with Crippen LogP contribution >= 0.6 is 11.8 Å². The fourth-order valence-electron chi connectivity index (χ4n) is 1.94. The zero-order valence-corrected chi connectivity index (χ0v) is 12.6. The average Bonchev–Trinajstić information content (AvgIpc) is 3.16. The van der Waals surface area contributed by atoms with Crippen LogP contribution in [0, 0.1) is 0 Å². The van der Waals surface area contributed by atoms with Crippen molar-refractivity contribution in [1.29, 1.82) is 0 Å². The number of hydrogen-bond acceptors (Lipinski definition) is 5. The number of rotatable bonds is 6. The maximum Gasteiger partial charge on any atom is 0.237 e. The van der Waals surface area contributed by atoms with Gasteiger partial charge in [-0.3, -0.25) is 0 Å². The van der Waals surface area contributed by atoms with E-state index in [1.807, 2.05) is 24.4 Å². The molecule has 2 aromatic heterocycles. The van der Waals surface area contributed by atoms with Gasteiger partial charge in [0.1, 0.15) is 0 Å². The molecule has 21 heavy (non-hydrogen) atoms. The Morgan fingerprint density at radius 3 is 2.90 bits per heavy atom. The quantitative estimate of drug-likeness (QED) is 0.703. The van der Waals surface area contributed by atoms with Gasteiger partial charge in [-0.2, -0.15) is 4.98 Å². The Morgan fingerprint density at radius 1 is 1.24 bits per heavy atom. The molecule has 0 spiro atoms. The van der Waals surface area contributed by atoms with Crippen molar-refractivity contribution in [3.63, 3.8) is 0 Å². The number of nitrogens with one attached hydrogen (secondary N) is 1. The van der Waals surface area contributed by atoms with Crippen molar-refractivity contribution in [2.45, 2.75) is 30.7 Å². The first-order valence-corrected chi connectivity index (χ1v) is 7.88. The molecule has 0 aliphatic heterocycles. The van der Waals surface area contributed by atoms with Gasteiger partial charge in [-0.05, 0) is 12.0 Å². The van der Waals surface area contributed by atoms with Crippen molar-refractivity contribution in [3.8, 4) is 11.3 Å². The van der Waals surface area contributed by atoms with Crippen LogP contribution in [-0.2, 0) is 12.2 Å². The van der Waals surface area contributed by atoms with Gasteiger partial charge in [-0.15, -0.1) is 0 Å². The first kappa shape index (κ1) is 13.9. The standard InChI is InChI=1S/C15H16N4OS/c1-2-6-13-18-14(20-19-13)10-21-15-16-9-12(17-15)11-7-4-3-5-8-11/h3-5,7-9H,2,6,10H2,1H3,(H,16,17). The van der Waals surface area contributed by atoms with Crippen LogP contribution in [-0.4, -0.2) is 20.1 Å². The summed E-state index contributed by atoms with van der Waals surface area (Å²) in [5.41, 5.74) is 2.13. The lowest BCUT2D eigenvalue weighted by atomic mass is 10.2. The molecule has 108 valence electrons. The van der Waals surface area contributed by atoms with E-state index in [9.17, 15) is 0 Å². The molecule has 2 heterocycles. The fourth-order valence-corrected chi connectivity index (χ4v) is 2.63. The average molecular weight is 300 g/mol. The third-order valence-corrected chi connectivity index (χ3v) is 3.83. The molecule has 0 bridgehead atoms. The van der Waals surface area contributed by atoms with Crippen LogP contribution in [0.4, 0.5) is 0 Å². The first-order valence-electron chi connectivity index (χ1n) is 6.90. The smallest absolute Gasteiger partial charge is 0.237 e. The Hall–Kier alpha value is -2.08. The van der Waals surface area contributed by atoms with Gasteiger partial charge in [0.2, 0.25) is 5.89 Å². The van der Waals surface area contributed by atoms with Crippen LogP contribution in [0.25, 0.3) is 11.3 Å². The molecule has 1 N–H and O–H groups in total. The number of hydrogen-bond donors (Lipinski definition) is 1. The normalized spacial score (nSPS) is 10.9. The van der Waals surface area contributed by atoms with Gasteiger partial charge < -0.3 is 9.51 Å². The van der Waals surface area contributed by atoms with Crippen molar-refractivity contribution >= 4 is 11.8 Å². The lowest BCUT2D eigenvalue weighted by Gasteiger charge is -1.95. The van der Waals surface area contributed by atoms with E-state index in [4.69, 9.17) is 4.52 Å². The topological polar surface area (TPSA) is 67.6 Å². The van der Waals surface area contributed by atoms with Crippen LogP contribution in [0.3, 0.4) is 0 Å². The van der Waals surface area contributed by atoms with E-state index < -0.39 is 0 Å². The minimum Gasteiger partial charge on any atom is -0.338 e. The zero-order valence-electron chi connectivity index (χ0n) is 11.7. The maximum absolute atomic E-state index is 5.21. The number of thioether (sulfide) groups is 1. The Balaban J connectivity index is 1.62. The summed E-state index contributed by atoms with van der Waals surface area (Å²) in [5, 5.41) is 4.79. The first-order chi connectivity index (χ1) is 10.3. The molecule has 0 saturated heterocycles. The molecule has 0 unspecified atom stereocenters. The molecule has 0 saturated carbocycles. The summed E-state index contributed by atoms with van der Waals surface area (Å²) in [7, 11) is 0. The molecule has 6 heteroatoms. The van der Waals surface area contributed by atoms with Crippen LogP contribution in [0.15, 0.2) is 46.2 Å². The van der Waals surface area contributed by atoms with Crippen LogP contribution in [0.1, 0.15) is 25.1 Å². The van der Waals surface area contributed by atoms with Crippen LogP contribution in [0.2, 0.25) is 0 Å². The summed E-state index contributed by atoms with van der Waals surface area (Å²) < 4.78 is 5.21. The fraction of sp³-hybridized carbons (Fsp3) is 0.267. The Bertz CT molecular complexity index is 693. The van der Waals surface area contributed by atoms with Gasteiger partial charge in [0.05, 0.1) is 17.6 Å². The summed E-state index contributed by atoms with van der Waals surface area (Å²) in [6, 6.07) is 10.1. The summed E-state index contributed by atoms with van der Waals surface area (Å²) in [6.07, 6.45) is 3.71. The molecule has 3 aromatic rings. The summed E-state index contributed by atoms with van der Waals surface area (Å²) in [4.78, 5) is 12.0. The lowest BCUT2D eigenvalue weighted by molar-refractivity contribution is 0.384. The Morgan fingerprint density at radius 2 is 2.10 bits per heavy atom. The Kier molecular flexibility index (Phi) is 4.35. The van der Waals surface area contributed by atoms with Gasteiger partial charge in [0.15, 0.2) is 11.0 Å². The van der Waals surface area contributed by atoms with Crippen molar-refractivity contribution in [3.05, 3.63) is 48.2 Å². The minimum absolute atomic E-state index is 0.623. The van der Waals surface area contributed by atoms with Crippen LogP contribution < -0.4 is 0 Å². The summed E-state index contributed by atoms with van der Waals surface area (Å²) >= 11 is 1.56. The highest BCUT2D eigenvalue weighted by Crippen LogP contribution is 2.23. The summed E-state index contributed by atoms with van der Waals surface area (Å²) in [6.45, 7) is 2.10. The van der Waals surface area contributed by atoms with Crippen LogP contribution in [0.5, 0.6) is 0 Å². The number of H-pyrrole nitrogens is 1. The van der Waals surface area contributed by atoms with Crippen molar-refractivity contribution in [2.75, 3.05) is 0 Å². The number of aromatic amines is 1. The highest BCUT2D eigenvalue weighted by atomic mass is 32.2. The molecule has 0 aliphatic rings. The molecular weight excluding hydrogens is 284 g/mol. The van der Waals surface area contributed by atoms with Gasteiger partial charge >= 0.3 is 0 Å². The second kappa shape index (κ2) is 6.58. The number of aromatic nitrogens is 4. The van der Waals surface area contributed by atoms with Gasteiger partial charge in [0, 0.05) is 6.42 Å². The van der Waals surface area contributed by atoms with E-state index in [1.54, 1.807) is 11.8 Å². The predicted octanol–water partition coefficient (Wildman–Crippen LogP) is 3.70. The molecule has 0 amide bonds. The SMILES string of the molecule is CCCc1noc(CSc2ncc(-c3ccccc3)[nH]2)n1. The predicted molar refractivity (Wildman–Crippen MR) is 81.9 cm³/mol. The minimum atomic E-state index is 0.623. The van der Waals surface area contributed by atoms with E-state index in [0.717, 1.165) is 35.1 Å². The van der Waals surface area contributed by atoms with Crippen molar-refractivity contribution in [2.24, 2.45) is 0 Å². The molecule has 3 rings (SSSR count). The second-order valence-corrected chi connectivity index (χ2v) is 5.58. The highest BCUT2D eigenvalue weighted by Gasteiger charge is 2.08.